The van der Waals surface area contributed by atoms with Crippen LogP contribution in [-0.2, 0) is 20.2 Å². The number of rotatable bonds is 9. The third-order valence-corrected chi connectivity index (χ3v) is 10.4. The molecule has 2 aliphatic heterocycles. The lowest BCUT2D eigenvalue weighted by molar-refractivity contribution is -0.155. The van der Waals surface area contributed by atoms with E-state index in [-0.39, 0.29) is 17.7 Å². The monoisotopic (exact) mass is 755 g/mol. The molecule has 2 bridgehead atoms. The first kappa shape index (κ1) is 36.0. The number of fused-ring (bicyclic) bond motifs is 3. The van der Waals surface area contributed by atoms with E-state index in [9.17, 15) is 19.5 Å². The van der Waals surface area contributed by atoms with Gasteiger partial charge in [0.1, 0.15) is 11.4 Å². The van der Waals surface area contributed by atoms with Crippen LogP contribution in [0.4, 0.5) is 13.6 Å². The lowest BCUT2D eigenvalue weighted by atomic mass is 9.93. The number of ether oxygens (including phenoxy) is 2. The van der Waals surface area contributed by atoms with Crippen molar-refractivity contribution in [3.05, 3.63) is 76.3 Å². The van der Waals surface area contributed by atoms with E-state index in [2.05, 4.69) is 26.6 Å². The van der Waals surface area contributed by atoms with E-state index in [0.29, 0.717) is 30.2 Å². The number of alkyl carbamates (subject to hydrolysis) is 1. The Bertz CT molecular complexity index is 1710. The molecule has 12 heteroatoms. The molecule has 1 aliphatic carbocycles. The Morgan fingerprint density at radius 2 is 1.52 bits per heavy atom. The topological polar surface area (TPSA) is 117 Å². The first-order valence-corrected chi connectivity index (χ1v) is 18.1. The molecular formula is C38H44BrF2N3O6. The normalized spacial score (nSPS) is 22.2. The highest BCUT2D eigenvalue weighted by atomic mass is 79.9. The molecule has 3 aliphatic rings. The minimum atomic E-state index is -3.82. The van der Waals surface area contributed by atoms with Crippen LogP contribution in [0.3, 0.4) is 0 Å². The standard InChI is InChI=1S/C38H44BrF2N3O6/c1-37(2,3)50-36(48)42-27-20-28-15-16-29(21-27)44(28)35(47)33(38(40,41)25-11-13-26(39)14-12-25)43-34(46)32(45)24-9-8-23-19-31(17-10-22(23)18-24)49-30-6-4-5-7-30/h8-14,17-19,27-30,32-33,45H,4-7,15-16,20-21H2,1-3H3,(H,42,48)(H,43,46). The lowest BCUT2D eigenvalue weighted by Crippen LogP contribution is -2.61. The number of benzene rings is 3. The molecule has 3 aromatic rings. The average Bonchev–Trinajstić information content (AvgIpc) is 3.66. The number of carbonyl (C=O) groups excluding carboxylic acids is 3. The first-order chi connectivity index (χ1) is 23.7. The fourth-order valence-electron chi connectivity index (χ4n) is 7.48. The number of nitrogens with zero attached hydrogens (tertiary/aromatic N) is 1. The van der Waals surface area contributed by atoms with Gasteiger partial charge in [-0.2, -0.15) is 8.78 Å². The molecule has 268 valence electrons. The summed E-state index contributed by atoms with van der Waals surface area (Å²) in [4.78, 5) is 41.7. The zero-order chi connectivity index (χ0) is 35.8. The zero-order valence-electron chi connectivity index (χ0n) is 28.5. The number of halogens is 3. The van der Waals surface area contributed by atoms with Gasteiger partial charge < -0.3 is 30.1 Å². The van der Waals surface area contributed by atoms with Crippen molar-refractivity contribution in [1.29, 1.82) is 0 Å². The Hall–Kier alpha value is -3.77. The maximum absolute atomic E-state index is 16.4. The van der Waals surface area contributed by atoms with Crippen molar-refractivity contribution in [3.63, 3.8) is 0 Å². The molecule has 0 spiro atoms. The minimum absolute atomic E-state index is 0.193. The molecule has 50 heavy (non-hydrogen) atoms. The number of nitrogens with one attached hydrogen (secondary N) is 2. The van der Waals surface area contributed by atoms with Gasteiger partial charge >= 0.3 is 12.0 Å². The van der Waals surface area contributed by atoms with Gasteiger partial charge in [-0.1, -0.05) is 46.3 Å². The van der Waals surface area contributed by atoms with Crippen molar-refractivity contribution in [2.75, 3.05) is 0 Å². The number of hydrogen-bond donors (Lipinski definition) is 3. The molecule has 2 heterocycles. The summed E-state index contributed by atoms with van der Waals surface area (Å²) in [5.74, 6) is -5.13. The maximum Gasteiger partial charge on any atom is 0.407 e. The van der Waals surface area contributed by atoms with Gasteiger partial charge in [0.25, 0.3) is 11.8 Å². The van der Waals surface area contributed by atoms with Gasteiger partial charge in [0.15, 0.2) is 12.1 Å². The summed E-state index contributed by atoms with van der Waals surface area (Å²) in [6.07, 6.45) is 4.00. The predicted octanol–water partition coefficient (Wildman–Crippen LogP) is 7.28. The number of aliphatic hydroxyl groups excluding tert-OH is 1. The molecule has 3 amide bonds. The van der Waals surface area contributed by atoms with E-state index in [1.54, 1.807) is 39.0 Å². The number of piperidine rings is 1. The van der Waals surface area contributed by atoms with Crippen LogP contribution in [0.25, 0.3) is 10.8 Å². The van der Waals surface area contributed by atoms with Crippen LogP contribution < -0.4 is 15.4 Å². The Kier molecular flexibility index (Phi) is 10.4. The Morgan fingerprint density at radius 1 is 0.900 bits per heavy atom. The number of amides is 3. The third kappa shape index (κ3) is 8.07. The van der Waals surface area contributed by atoms with Gasteiger partial charge in [0, 0.05) is 28.2 Å². The summed E-state index contributed by atoms with van der Waals surface area (Å²) in [7, 11) is 0. The minimum Gasteiger partial charge on any atom is -0.490 e. The molecule has 3 aromatic carbocycles. The van der Waals surface area contributed by atoms with Crippen molar-refractivity contribution >= 4 is 44.6 Å². The van der Waals surface area contributed by atoms with Crippen molar-refractivity contribution in [1.82, 2.24) is 15.5 Å². The quantitative estimate of drug-likeness (QED) is 0.212. The third-order valence-electron chi connectivity index (χ3n) is 9.84. The molecule has 4 atom stereocenters. The van der Waals surface area contributed by atoms with Crippen molar-refractivity contribution < 1.29 is 37.7 Å². The van der Waals surface area contributed by atoms with Gasteiger partial charge in [0.05, 0.1) is 6.10 Å². The number of aliphatic hydroxyl groups is 1. The highest BCUT2D eigenvalue weighted by Crippen LogP contribution is 2.40. The largest absolute Gasteiger partial charge is 0.490 e. The van der Waals surface area contributed by atoms with E-state index in [1.165, 1.54) is 29.2 Å². The molecule has 4 unspecified atom stereocenters. The second kappa shape index (κ2) is 14.5. The number of alkyl halides is 2. The second-order valence-corrected chi connectivity index (χ2v) is 15.6. The highest BCUT2D eigenvalue weighted by molar-refractivity contribution is 9.10. The van der Waals surface area contributed by atoms with Gasteiger partial charge in [-0.05, 0) is 119 Å². The molecule has 9 nitrogen and oxygen atoms in total. The van der Waals surface area contributed by atoms with Gasteiger partial charge in [-0.15, -0.1) is 0 Å². The Balaban J connectivity index is 1.21. The van der Waals surface area contributed by atoms with Crippen LogP contribution in [-0.4, -0.2) is 63.8 Å². The van der Waals surface area contributed by atoms with Crippen LogP contribution >= 0.6 is 15.9 Å². The fourth-order valence-corrected chi connectivity index (χ4v) is 7.75. The fraction of sp³-hybridized carbons (Fsp3) is 0.500. The smallest absolute Gasteiger partial charge is 0.407 e. The molecule has 1 saturated carbocycles. The molecule has 3 fully saturated rings. The highest BCUT2D eigenvalue weighted by Gasteiger charge is 2.53. The average molecular weight is 757 g/mol. The van der Waals surface area contributed by atoms with Crippen LogP contribution in [0.1, 0.15) is 89.4 Å². The Morgan fingerprint density at radius 3 is 2.16 bits per heavy atom. The summed E-state index contributed by atoms with van der Waals surface area (Å²) in [6.45, 7) is 5.28. The molecule has 3 N–H and O–H groups in total. The number of hydrogen-bond acceptors (Lipinski definition) is 6. The molecular weight excluding hydrogens is 712 g/mol. The summed E-state index contributed by atoms with van der Waals surface area (Å²) < 4.78 is 44.9. The van der Waals surface area contributed by atoms with Crippen LogP contribution in [0.15, 0.2) is 65.1 Å². The van der Waals surface area contributed by atoms with Crippen molar-refractivity contribution in [3.8, 4) is 5.75 Å². The molecule has 2 saturated heterocycles. The summed E-state index contributed by atoms with van der Waals surface area (Å²) in [5, 5.41) is 17.8. The summed E-state index contributed by atoms with van der Waals surface area (Å²) in [5.41, 5.74) is -0.940. The number of carbonyl (C=O) groups is 3. The molecule has 0 radical (unpaired) electrons. The SMILES string of the molecule is CC(C)(C)OC(=O)NC1CC2CCC(C1)N2C(=O)C(NC(=O)C(O)c1ccc2cc(OC3CCCC3)ccc2c1)C(F)(F)c1ccc(Br)cc1. The maximum atomic E-state index is 16.4. The zero-order valence-corrected chi connectivity index (χ0v) is 30.1. The van der Waals surface area contributed by atoms with Gasteiger partial charge in [-0.25, -0.2) is 4.79 Å². The van der Waals surface area contributed by atoms with E-state index >= 15 is 8.78 Å². The summed E-state index contributed by atoms with van der Waals surface area (Å²) >= 11 is 3.26. The van der Waals surface area contributed by atoms with Crippen LogP contribution in [0.5, 0.6) is 5.75 Å². The van der Waals surface area contributed by atoms with Gasteiger partial charge in [-0.3, -0.25) is 9.59 Å². The van der Waals surface area contributed by atoms with Crippen molar-refractivity contribution in [2.45, 2.75) is 120 Å². The van der Waals surface area contributed by atoms with Crippen molar-refractivity contribution in [2.24, 2.45) is 0 Å². The first-order valence-electron chi connectivity index (χ1n) is 17.3. The van der Waals surface area contributed by atoms with Gasteiger partial charge in [0.2, 0.25) is 0 Å². The van der Waals surface area contributed by atoms with E-state index in [4.69, 9.17) is 9.47 Å². The van der Waals surface area contributed by atoms with Crippen LogP contribution in [0, 0.1) is 0 Å². The molecule has 6 rings (SSSR count). The molecule has 0 aromatic heterocycles. The summed E-state index contributed by atoms with van der Waals surface area (Å²) in [6, 6.07) is 12.4. The van der Waals surface area contributed by atoms with E-state index < -0.39 is 59.2 Å². The Labute approximate surface area is 299 Å². The second-order valence-electron chi connectivity index (χ2n) is 14.7. The predicted molar refractivity (Wildman–Crippen MR) is 188 cm³/mol. The lowest BCUT2D eigenvalue weighted by Gasteiger charge is -2.42. The van der Waals surface area contributed by atoms with Crippen LogP contribution in [0.2, 0.25) is 0 Å². The van der Waals surface area contributed by atoms with E-state index in [0.717, 1.165) is 42.2 Å². The van der Waals surface area contributed by atoms with E-state index in [1.807, 2.05) is 18.2 Å².